The Morgan fingerprint density at radius 1 is 1.56 bits per heavy atom. The molecule has 1 aromatic rings. The van der Waals surface area contributed by atoms with Crippen LogP contribution in [0.3, 0.4) is 0 Å². The molecule has 0 aromatic carbocycles. The van der Waals surface area contributed by atoms with Gasteiger partial charge in [0, 0.05) is 19.3 Å². The van der Waals surface area contributed by atoms with Crippen molar-refractivity contribution in [3.8, 4) is 0 Å². The number of carbonyl (C=O) groups is 1. The van der Waals surface area contributed by atoms with Crippen LogP contribution in [0.4, 0.5) is 11.8 Å². The summed E-state index contributed by atoms with van der Waals surface area (Å²) in [6, 6.07) is 0.0324. The average Bonchev–Trinajstić information content (AvgIpc) is 3.15. The fourth-order valence-corrected chi connectivity index (χ4v) is 1.72. The standard InChI is InChI=1S/C11H16BrN5O/c1-6(10(18)16-7-3-4-7)15-9-8(12)5-14-11(13-2)17-9/h5-7H,3-4H2,1-2H3,(H,16,18)(H2,13,14,15,17). The number of amides is 1. The monoisotopic (exact) mass is 313 g/mol. The van der Waals surface area contributed by atoms with E-state index in [0.717, 1.165) is 17.3 Å². The van der Waals surface area contributed by atoms with Crippen LogP contribution in [0, 0.1) is 0 Å². The number of nitrogens with zero attached hydrogens (tertiary/aromatic N) is 2. The molecule has 98 valence electrons. The van der Waals surface area contributed by atoms with Gasteiger partial charge in [-0.25, -0.2) is 4.98 Å². The molecule has 1 heterocycles. The molecule has 1 aromatic heterocycles. The molecular formula is C11H16BrN5O. The first-order valence-corrected chi connectivity index (χ1v) is 6.66. The van der Waals surface area contributed by atoms with E-state index in [4.69, 9.17) is 0 Å². The van der Waals surface area contributed by atoms with Gasteiger partial charge in [0.1, 0.15) is 11.9 Å². The lowest BCUT2D eigenvalue weighted by Crippen LogP contribution is -2.39. The Labute approximate surface area is 114 Å². The molecule has 6 nitrogen and oxygen atoms in total. The highest BCUT2D eigenvalue weighted by atomic mass is 79.9. The van der Waals surface area contributed by atoms with Crippen LogP contribution in [0.1, 0.15) is 19.8 Å². The van der Waals surface area contributed by atoms with Crippen LogP contribution in [-0.4, -0.2) is 35.0 Å². The van der Waals surface area contributed by atoms with E-state index in [-0.39, 0.29) is 11.9 Å². The molecular weight excluding hydrogens is 298 g/mol. The number of carbonyl (C=O) groups excluding carboxylic acids is 1. The normalized spacial score (nSPS) is 15.9. The number of rotatable bonds is 5. The molecule has 0 bridgehead atoms. The Kier molecular flexibility index (Phi) is 4.00. The number of hydrogen-bond acceptors (Lipinski definition) is 5. The Morgan fingerprint density at radius 3 is 2.89 bits per heavy atom. The van der Waals surface area contributed by atoms with Crippen molar-refractivity contribution < 1.29 is 4.79 Å². The predicted molar refractivity (Wildman–Crippen MR) is 73.5 cm³/mol. The summed E-state index contributed by atoms with van der Waals surface area (Å²) < 4.78 is 0.729. The zero-order valence-electron chi connectivity index (χ0n) is 10.3. The van der Waals surface area contributed by atoms with Gasteiger partial charge in [0.15, 0.2) is 0 Å². The number of aromatic nitrogens is 2. The fraction of sp³-hybridized carbons (Fsp3) is 0.545. The van der Waals surface area contributed by atoms with Crippen LogP contribution in [0.15, 0.2) is 10.7 Å². The molecule has 3 N–H and O–H groups in total. The van der Waals surface area contributed by atoms with Gasteiger partial charge in [0.25, 0.3) is 0 Å². The van der Waals surface area contributed by atoms with E-state index >= 15 is 0 Å². The molecule has 18 heavy (non-hydrogen) atoms. The van der Waals surface area contributed by atoms with Crippen LogP contribution >= 0.6 is 15.9 Å². The van der Waals surface area contributed by atoms with Gasteiger partial charge >= 0.3 is 0 Å². The lowest BCUT2D eigenvalue weighted by Gasteiger charge is -2.15. The van der Waals surface area contributed by atoms with Crippen molar-refractivity contribution in [1.29, 1.82) is 0 Å². The van der Waals surface area contributed by atoms with E-state index in [2.05, 4.69) is 41.8 Å². The highest BCUT2D eigenvalue weighted by Gasteiger charge is 2.25. The number of hydrogen-bond donors (Lipinski definition) is 3. The van der Waals surface area contributed by atoms with Gasteiger partial charge in [-0.1, -0.05) is 0 Å². The first kappa shape index (κ1) is 13.1. The SMILES string of the molecule is CNc1ncc(Br)c(NC(C)C(=O)NC2CC2)n1. The third-order valence-electron chi connectivity index (χ3n) is 2.64. The smallest absolute Gasteiger partial charge is 0.242 e. The van der Waals surface area contributed by atoms with E-state index in [0.29, 0.717) is 17.8 Å². The second kappa shape index (κ2) is 5.51. The molecule has 0 aliphatic heterocycles. The van der Waals surface area contributed by atoms with Crippen LogP contribution in [0.25, 0.3) is 0 Å². The van der Waals surface area contributed by atoms with Gasteiger partial charge < -0.3 is 16.0 Å². The van der Waals surface area contributed by atoms with Gasteiger partial charge in [-0.3, -0.25) is 4.79 Å². The molecule has 1 fully saturated rings. The summed E-state index contributed by atoms with van der Waals surface area (Å²) in [4.78, 5) is 20.1. The first-order chi connectivity index (χ1) is 8.60. The number of halogens is 1. The summed E-state index contributed by atoms with van der Waals surface area (Å²) in [6.45, 7) is 1.81. The molecule has 1 aliphatic rings. The maximum atomic E-state index is 11.8. The van der Waals surface area contributed by atoms with E-state index < -0.39 is 0 Å². The van der Waals surface area contributed by atoms with Crippen molar-refractivity contribution in [3.05, 3.63) is 10.7 Å². The molecule has 1 amide bonds. The molecule has 1 aliphatic carbocycles. The summed E-state index contributed by atoms with van der Waals surface area (Å²) in [5.41, 5.74) is 0. The molecule has 1 atom stereocenters. The lowest BCUT2D eigenvalue weighted by atomic mass is 10.3. The van der Waals surface area contributed by atoms with Gasteiger partial charge in [-0.05, 0) is 35.7 Å². The fourth-order valence-electron chi connectivity index (χ4n) is 1.41. The topological polar surface area (TPSA) is 78.9 Å². The zero-order valence-corrected chi connectivity index (χ0v) is 11.9. The van der Waals surface area contributed by atoms with Gasteiger partial charge in [0.05, 0.1) is 4.47 Å². The third kappa shape index (κ3) is 3.32. The maximum absolute atomic E-state index is 11.8. The van der Waals surface area contributed by atoms with E-state index in [1.807, 2.05) is 6.92 Å². The quantitative estimate of drug-likeness (QED) is 0.765. The second-order valence-electron chi connectivity index (χ2n) is 4.29. The van der Waals surface area contributed by atoms with Crippen LogP contribution in [-0.2, 0) is 4.79 Å². The minimum Gasteiger partial charge on any atom is -0.358 e. The maximum Gasteiger partial charge on any atom is 0.242 e. The zero-order chi connectivity index (χ0) is 13.1. The van der Waals surface area contributed by atoms with Crippen molar-refractivity contribution in [2.24, 2.45) is 0 Å². The number of anilines is 2. The lowest BCUT2D eigenvalue weighted by molar-refractivity contribution is -0.121. The third-order valence-corrected chi connectivity index (χ3v) is 3.22. The molecule has 1 saturated carbocycles. The Balaban J connectivity index is 2.00. The summed E-state index contributed by atoms with van der Waals surface area (Å²) in [6.07, 6.45) is 3.81. The van der Waals surface area contributed by atoms with Crippen molar-refractivity contribution in [2.45, 2.75) is 31.8 Å². The predicted octanol–water partition coefficient (Wildman–Crippen LogP) is 1.36. The van der Waals surface area contributed by atoms with E-state index in [1.54, 1.807) is 13.2 Å². The van der Waals surface area contributed by atoms with Crippen LogP contribution in [0.2, 0.25) is 0 Å². The minimum atomic E-state index is -0.332. The second-order valence-corrected chi connectivity index (χ2v) is 5.14. The molecule has 2 rings (SSSR count). The van der Waals surface area contributed by atoms with Crippen LogP contribution in [0.5, 0.6) is 0 Å². The Hall–Kier alpha value is -1.37. The van der Waals surface area contributed by atoms with E-state index in [9.17, 15) is 4.79 Å². The Morgan fingerprint density at radius 2 is 2.28 bits per heavy atom. The Bertz CT molecular complexity index is 449. The highest BCUT2D eigenvalue weighted by molar-refractivity contribution is 9.10. The van der Waals surface area contributed by atoms with Crippen molar-refractivity contribution in [1.82, 2.24) is 15.3 Å². The van der Waals surface area contributed by atoms with Crippen molar-refractivity contribution in [3.63, 3.8) is 0 Å². The van der Waals surface area contributed by atoms with Crippen molar-refractivity contribution in [2.75, 3.05) is 17.7 Å². The highest BCUT2D eigenvalue weighted by Crippen LogP contribution is 2.22. The average molecular weight is 314 g/mol. The number of nitrogens with one attached hydrogen (secondary N) is 3. The summed E-state index contributed by atoms with van der Waals surface area (Å²) in [7, 11) is 1.75. The minimum absolute atomic E-state index is 0.00554. The largest absolute Gasteiger partial charge is 0.358 e. The van der Waals surface area contributed by atoms with E-state index in [1.165, 1.54) is 0 Å². The van der Waals surface area contributed by atoms with Crippen LogP contribution < -0.4 is 16.0 Å². The van der Waals surface area contributed by atoms with Crippen molar-refractivity contribution >= 4 is 33.6 Å². The molecule has 0 spiro atoms. The van der Waals surface area contributed by atoms with Gasteiger partial charge in [-0.15, -0.1) is 0 Å². The molecule has 7 heteroatoms. The summed E-state index contributed by atoms with van der Waals surface area (Å²) in [5.74, 6) is 1.11. The van der Waals surface area contributed by atoms with Gasteiger partial charge in [0.2, 0.25) is 11.9 Å². The summed E-state index contributed by atoms with van der Waals surface area (Å²) >= 11 is 3.35. The molecule has 0 radical (unpaired) electrons. The van der Waals surface area contributed by atoms with Gasteiger partial charge in [-0.2, -0.15) is 4.98 Å². The molecule has 1 unspecified atom stereocenters. The molecule has 0 saturated heterocycles. The summed E-state index contributed by atoms with van der Waals surface area (Å²) in [5, 5.41) is 8.87. The first-order valence-electron chi connectivity index (χ1n) is 5.87.